The predicted molar refractivity (Wildman–Crippen MR) is 92.6 cm³/mol. The smallest absolute Gasteiger partial charge is 0.149 e. The molecule has 0 saturated heterocycles. The Kier molecular flexibility index (Phi) is 3.17. The van der Waals surface area contributed by atoms with E-state index in [0.717, 1.165) is 22.2 Å². The molecule has 4 nitrogen and oxygen atoms in total. The van der Waals surface area contributed by atoms with E-state index < -0.39 is 0 Å². The zero-order valence-electron chi connectivity index (χ0n) is 12.9. The number of nitrogens with one attached hydrogen (secondary N) is 2. The molecule has 0 saturated carbocycles. The first-order chi connectivity index (χ1) is 11.7. The van der Waals surface area contributed by atoms with Gasteiger partial charge in [-0.1, -0.05) is 18.2 Å². The van der Waals surface area contributed by atoms with Gasteiger partial charge in [-0.25, -0.2) is 9.37 Å². The highest BCUT2D eigenvalue weighted by molar-refractivity contribution is 5.98. The van der Waals surface area contributed by atoms with Gasteiger partial charge in [0.1, 0.15) is 17.7 Å². The molecule has 116 valence electrons. The summed E-state index contributed by atoms with van der Waals surface area (Å²) in [4.78, 5) is 10.7. The highest BCUT2D eigenvalue weighted by atomic mass is 19.1. The third-order valence-electron chi connectivity index (χ3n) is 4.05. The second kappa shape index (κ2) is 5.36. The van der Waals surface area contributed by atoms with Crippen molar-refractivity contribution >= 4 is 33.6 Å². The van der Waals surface area contributed by atoms with Crippen molar-refractivity contribution in [2.75, 3.05) is 0 Å². The van der Waals surface area contributed by atoms with Gasteiger partial charge >= 0.3 is 0 Å². The predicted octanol–water partition coefficient (Wildman–Crippen LogP) is 4.56. The van der Waals surface area contributed by atoms with Crippen LogP contribution in [0.1, 0.15) is 17.1 Å². The number of nitrogens with zero attached hydrogens (tertiary/aromatic N) is 2. The van der Waals surface area contributed by atoms with Gasteiger partial charge in [-0.3, -0.25) is 0 Å². The standard InChI is InChI=1S/C19H13FN4/c1-11-15(14-4-2-3-5-16(14)22-11)8-12(10-21)19-23-17-7-6-13(20)9-18(17)24-19/h2-9,22H,1H3,(H,23,24)/b12-8-. The van der Waals surface area contributed by atoms with Crippen LogP contribution in [0.4, 0.5) is 4.39 Å². The molecule has 2 N–H and O–H groups in total. The number of rotatable bonds is 2. The first kappa shape index (κ1) is 14.2. The zero-order chi connectivity index (χ0) is 16.7. The molecule has 2 aromatic heterocycles. The lowest BCUT2D eigenvalue weighted by atomic mass is 10.1. The van der Waals surface area contributed by atoms with Crippen LogP contribution >= 0.6 is 0 Å². The summed E-state index contributed by atoms with van der Waals surface area (Å²) < 4.78 is 13.3. The molecule has 0 spiro atoms. The van der Waals surface area contributed by atoms with Crippen molar-refractivity contribution < 1.29 is 4.39 Å². The molecule has 0 aliphatic rings. The average molecular weight is 316 g/mol. The Bertz CT molecular complexity index is 1140. The van der Waals surface area contributed by atoms with Crippen LogP contribution in [0, 0.1) is 24.1 Å². The van der Waals surface area contributed by atoms with Crippen LogP contribution < -0.4 is 0 Å². The molecule has 24 heavy (non-hydrogen) atoms. The average Bonchev–Trinajstić information content (AvgIpc) is 3.12. The van der Waals surface area contributed by atoms with Crippen LogP contribution in [0.15, 0.2) is 42.5 Å². The number of allylic oxidation sites excluding steroid dienone is 1. The van der Waals surface area contributed by atoms with Crippen molar-refractivity contribution in [3.63, 3.8) is 0 Å². The molecule has 0 aliphatic carbocycles. The molecule has 2 heterocycles. The van der Waals surface area contributed by atoms with E-state index in [1.165, 1.54) is 12.1 Å². The van der Waals surface area contributed by atoms with Crippen LogP contribution in [-0.4, -0.2) is 15.0 Å². The number of fused-ring (bicyclic) bond motifs is 2. The Morgan fingerprint density at radius 2 is 2.00 bits per heavy atom. The van der Waals surface area contributed by atoms with Gasteiger partial charge in [0, 0.05) is 22.2 Å². The van der Waals surface area contributed by atoms with Crippen LogP contribution in [0.25, 0.3) is 33.6 Å². The molecular weight excluding hydrogens is 303 g/mol. The van der Waals surface area contributed by atoms with E-state index in [-0.39, 0.29) is 5.82 Å². The van der Waals surface area contributed by atoms with E-state index in [1.807, 2.05) is 37.3 Å². The minimum absolute atomic E-state index is 0.340. The lowest BCUT2D eigenvalue weighted by molar-refractivity contribution is 0.629. The molecule has 0 radical (unpaired) electrons. The lowest BCUT2D eigenvalue weighted by Gasteiger charge is -1.96. The normalized spacial score (nSPS) is 12.0. The Hall–Kier alpha value is -3.39. The number of halogens is 1. The van der Waals surface area contributed by atoms with Crippen molar-refractivity contribution in [3.8, 4) is 6.07 Å². The summed E-state index contributed by atoms with van der Waals surface area (Å²) in [6.45, 7) is 1.97. The molecule has 0 aliphatic heterocycles. The van der Waals surface area contributed by atoms with E-state index in [0.29, 0.717) is 22.4 Å². The number of benzene rings is 2. The SMILES string of the molecule is Cc1[nH]c2ccccc2c1/C=C(/C#N)c1nc2ccc(F)cc2[nH]1. The zero-order valence-corrected chi connectivity index (χ0v) is 12.9. The summed E-state index contributed by atoms with van der Waals surface area (Å²) >= 11 is 0. The van der Waals surface area contributed by atoms with Crippen LogP contribution in [-0.2, 0) is 0 Å². The van der Waals surface area contributed by atoms with Gasteiger partial charge in [0.2, 0.25) is 0 Å². The van der Waals surface area contributed by atoms with Crippen molar-refractivity contribution in [3.05, 3.63) is 65.4 Å². The minimum Gasteiger partial charge on any atom is -0.358 e. The van der Waals surface area contributed by atoms with Crippen molar-refractivity contribution in [1.82, 2.24) is 15.0 Å². The van der Waals surface area contributed by atoms with Gasteiger partial charge in [-0.2, -0.15) is 5.26 Å². The number of aryl methyl sites for hydroxylation is 1. The summed E-state index contributed by atoms with van der Waals surface area (Å²) in [5.74, 6) is 0.0930. The second-order valence-electron chi connectivity index (χ2n) is 5.63. The van der Waals surface area contributed by atoms with Gasteiger partial charge in [0.05, 0.1) is 16.6 Å². The van der Waals surface area contributed by atoms with Crippen LogP contribution in [0.3, 0.4) is 0 Å². The molecule has 5 heteroatoms. The van der Waals surface area contributed by atoms with E-state index in [9.17, 15) is 9.65 Å². The molecule has 0 amide bonds. The largest absolute Gasteiger partial charge is 0.358 e. The number of hydrogen-bond acceptors (Lipinski definition) is 2. The van der Waals surface area contributed by atoms with Gasteiger partial charge in [0.25, 0.3) is 0 Å². The Morgan fingerprint density at radius 3 is 2.83 bits per heavy atom. The third kappa shape index (κ3) is 2.25. The molecule has 0 fully saturated rings. The molecule has 4 rings (SSSR count). The van der Waals surface area contributed by atoms with Gasteiger partial charge in [0.15, 0.2) is 0 Å². The quantitative estimate of drug-likeness (QED) is 0.532. The van der Waals surface area contributed by atoms with Gasteiger partial charge in [-0.15, -0.1) is 0 Å². The van der Waals surface area contributed by atoms with Crippen molar-refractivity contribution in [2.24, 2.45) is 0 Å². The van der Waals surface area contributed by atoms with E-state index in [4.69, 9.17) is 0 Å². The topological polar surface area (TPSA) is 68.3 Å². The van der Waals surface area contributed by atoms with Crippen LogP contribution in [0.5, 0.6) is 0 Å². The molecule has 0 unspecified atom stereocenters. The van der Waals surface area contributed by atoms with E-state index >= 15 is 0 Å². The summed E-state index contributed by atoms with van der Waals surface area (Å²) in [5.41, 5.74) is 4.55. The number of hydrogen-bond donors (Lipinski definition) is 2. The monoisotopic (exact) mass is 316 g/mol. The Balaban J connectivity index is 1.89. The maximum Gasteiger partial charge on any atom is 0.149 e. The number of nitriles is 1. The van der Waals surface area contributed by atoms with Gasteiger partial charge < -0.3 is 9.97 Å². The molecule has 4 aromatic rings. The van der Waals surface area contributed by atoms with Crippen molar-refractivity contribution in [2.45, 2.75) is 6.92 Å². The maximum atomic E-state index is 13.3. The molecule has 2 aromatic carbocycles. The first-order valence-corrected chi connectivity index (χ1v) is 7.50. The molecule has 0 bridgehead atoms. The van der Waals surface area contributed by atoms with E-state index in [1.54, 1.807) is 6.07 Å². The fraction of sp³-hybridized carbons (Fsp3) is 0.0526. The number of aromatic nitrogens is 3. The summed E-state index contributed by atoms with van der Waals surface area (Å²) in [6.07, 6.45) is 1.81. The third-order valence-corrected chi connectivity index (χ3v) is 4.05. The van der Waals surface area contributed by atoms with Crippen molar-refractivity contribution in [1.29, 1.82) is 5.26 Å². The fourth-order valence-electron chi connectivity index (χ4n) is 2.89. The number of H-pyrrole nitrogens is 2. The summed E-state index contributed by atoms with van der Waals surface area (Å²) in [6, 6.07) is 14.4. The minimum atomic E-state index is -0.340. The van der Waals surface area contributed by atoms with E-state index in [2.05, 4.69) is 21.0 Å². The number of para-hydroxylation sites is 1. The summed E-state index contributed by atoms with van der Waals surface area (Å²) in [5, 5.41) is 10.6. The first-order valence-electron chi connectivity index (χ1n) is 7.50. The number of imidazole rings is 1. The number of aromatic amines is 2. The molecule has 0 atom stereocenters. The van der Waals surface area contributed by atoms with Gasteiger partial charge in [-0.05, 0) is 37.3 Å². The Morgan fingerprint density at radius 1 is 1.17 bits per heavy atom. The highest BCUT2D eigenvalue weighted by Crippen LogP contribution is 2.27. The lowest BCUT2D eigenvalue weighted by Crippen LogP contribution is -1.85. The highest BCUT2D eigenvalue weighted by Gasteiger charge is 2.12. The summed E-state index contributed by atoms with van der Waals surface area (Å²) in [7, 11) is 0. The van der Waals surface area contributed by atoms with Crippen LogP contribution in [0.2, 0.25) is 0 Å². The molecular formula is C19H13FN4. The Labute approximate surface area is 137 Å². The second-order valence-corrected chi connectivity index (χ2v) is 5.63. The fourth-order valence-corrected chi connectivity index (χ4v) is 2.89. The maximum absolute atomic E-state index is 13.3.